The second-order valence-electron chi connectivity index (χ2n) is 21.3. The first-order chi connectivity index (χ1) is 37.6. The largest absolute Gasteiger partial charge is 0.545 e. The van der Waals surface area contributed by atoms with Crippen LogP contribution in [0.1, 0.15) is 232 Å². The van der Waals surface area contributed by atoms with Gasteiger partial charge in [0.15, 0.2) is 12.4 Å². The molecule has 0 radical (unpaired) electrons. The Labute approximate surface area is 472 Å². The average Bonchev–Trinajstić information content (AvgIpc) is 3.40. The van der Waals surface area contributed by atoms with Crippen LogP contribution in [0.15, 0.2) is 122 Å². The summed E-state index contributed by atoms with van der Waals surface area (Å²) >= 11 is 0. The molecule has 2 unspecified atom stereocenters. The second-order valence-corrected chi connectivity index (χ2v) is 21.3. The van der Waals surface area contributed by atoms with Crippen molar-refractivity contribution >= 4 is 17.9 Å². The van der Waals surface area contributed by atoms with Crippen LogP contribution in [0.2, 0.25) is 0 Å². The smallest absolute Gasteiger partial charge is 0.306 e. The highest BCUT2D eigenvalue weighted by Gasteiger charge is 2.22. The van der Waals surface area contributed by atoms with Crippen molar-refractivity contribution in [3.63, 3.8) is 0 Å². The van der Waals surface area contributed by atoms with Gasteiger partial charge >= 0.3 is 11.9 Å². The maximum atomic E-state index is 12.9. The quantitative estimate of drug-likeness (QED) is 0.0195. The molecule has 0 N–H and O–H groups in total. The van der Waals surface area contributed by atoms with Crippen molar-refractivity contribution < 1.29 is 42.9 Å². The Balaban J connectivity index is 4.28. The second kappa shape index (κ2) is 57.9. The SMILES string of the molecule is CC/C=C\C/C=C\C/C=C\C/C=C\C/C=C\C/C=C\C/C=C\CCCCCCCCCCCC(=O)OC(COC(=O)CCCCCCCC/C=C\C/C=C\C/C=C\CCCCCCC)COC(OCC[N+](C)(C)C)C(=O)[O-]. The van der Waals surface area contributed by atoms with Crippen molar-refractivity contribution in [2.45, 2.75) is 245 Å². The number of carbonyl (C=O) groups is 3. The average molecular weight is 1070 g/mol. The van der Waals surface area contributed by atoms with Crippen molar-refractivity contribution in [2.75, 3.05) is 47.5 Å². The first-order valence-corrected chi connectivity index (χ1v) is 30.7. The fourth-order valence-electron chi connectivity index (χ4n) is 7.99. The molecule has 9 nitrogen and oxygen atoms in total. The van der Waals surface area contributed by atoms with Gasteiger partial charge in [-0.1, -0.05) is 232 Å². The minimum absolute atomic E-state index is 0.138. The fraction of sp³-hybridized carbons (Fsp3) is 0.662. The maximum Gasteiger partial charge on any atom is 0.306 e. The van der Waals surface area contributed by atoms with Gasteiger partial charge in [0.2, 0.25) is 0 Å². The number of ether oxygens (including phenoxy) is 4. The topological polar surface area (TPSA) is 111 Å². The Morgan fingerprint density at radius 3 is 1.10 bits per heavy atom. The molecule has 0 heterocycles. The van der Waals surface area contributed by atoms with Gasteiger partial charge in [0, 0.05) is 12.8 Å². The third-order valence-corrected chi connectivity index (χ3v) is 12.7. The lowest BCUT2D eigenvalue weighted by molar-refractivity contribution is -0.870. The molecule has 0 aromatic carbocycles. The molecule has 0 aliphatic heterocycles. The lowest BCUT2D eigenvalue weighted by atomic mass is 10.1. The van der Waals surface area contributed by atoms with Gasteiger partial charge in [-0.25, -0.2) is 0 Å². The number of allylic oxidation sites excluding steroid dienone is 20. The fourth-order valence-corrected chi connectivity index (χ4v) is 7.99. The van der Waals surface area contributed by atoms with Gasteiger partial charge < -0.3 is 33.3 Å². The van der Waals surface area contributed by atoms with Crippen LogP contribution in [0.3, 0.4) is 0 Å². The number of quaternary nitrogens is 1. The first kappa shape index (κ1) is 72.7. The van der Waals surface area contributed by atoms with E-state index in [9.17, 15) is 19.5 Å². The normalized spacial score (nSPS) is 13.6. The van der Waals surface area contributed by atoms with Crippen LogP contribution >= 0.6 is 0 Å². The first-order valence-electron chi connectivity index (χ1n) is 30.7. The number of nitrogens with zero attached hydrogens (tertiary/aromatic N) is 1. The summed E-state index contributed by atoms with van der Waals surface area (Å²) in [5, 5.41) is 11.8. The number of hydrogen-bond donors (Lipinski definition) is 0. The van der Waals surface area contributed by atoms with Crippen LogP contribution in [0.4, 0.5) is 0 Å². The highest BCUT2D eigenvalue weighted by Crippen LogP contribution is 2.14. The molecular weight excluding hydrogens is 959 g/mol. The molecule has 0 saturated heterocycles. The molecule has 0 fully saturated rings. The number of unbranched alkanes of at least 4 members (excludes halogenated alkanes) is 20. The summed E-state index contributed by atoms with van der Waals surface area (Å²) in [5.41, 5.74) is 0. The monoisotopic (exact) mass is 1070 g/mol. The van der Waals surface area contributed by atoms with E-state index in [1.165, 1.54) is 77.0 Å². The minimum atomic E-state index is -1.63. The number of esters is 2. The Kier molecular flexibility index (Phi) is 54.6. The van der Waals surface area contributed by atoms with Crippen LogP contribution in [0.25, 0.3) is 0 Å². The number of likely N-dealkylation sites (N-methyl/N-ethyl adjacent to an activating group) is 1. The van der Waals surface area contributed by atoms with Crippen molar-refractivity contribution in [3.8, 4) is 0 Å². The summed E-state index contributed by atoms with van der Waals surface area (Å²) in [6, 6.07) is 0. The summed E-state index contributed by atoms with van der Waals surface area (Å²) in [4.78, 5) is 37.4. The molecule has 438 valence electrons. The van der Waals surface area contributed by atoms with E-state index < -0.39 is 24.3 Å². The van der Waals surface area contributed by atoms with Gasteiger partial charge in [-0.3, -0.25) is 9.59 Å². The van der Waals surface area contributed by atoms with Gasteiger partial charge in [0.25, 0.3) is 0 Å². The highest BCUT2D eigenvalue weighted by molar-refractivity contribution is 5.70. The number of hydrogen-bond acceptors (Lipinski definition) is 8. The third kappa shape index (κ3) is 59.2. The zero-order valence-corrected chi connectivity index (χ0v) is 49.8. The third-order valence-electron chi connectivity index (χ3n) is 12.7. The number of carboxylic acid groups (broad SMARTS) is 1. The molecule has 0 aromatic heterocycles. The molecule has 77 heavy (non-hydrogen) atoms. The van der Waals surface area contributed by atoms with Gasteiger partial charge in [-0.2, -0.15) is 0 Å². The number of aliphatic carboxylic acids is 1. The van der Waals surface area contributed by atoms with Crippen molar-refractivity contribution in [3.05, 3.63) is 122 Å². The standard InChI is InChI=1S/C68H113NO8/c1-6-8-10-12-14-16-18-20-22-24-26-28-29-30-31-32-33-34-35-36-37-39-41-43-45-47-49-51-53-55-57-59-66(71)77-64(63-76-68(67(72)73)74-61-60-69(3,4)5)62-75-65(70)58-56-54-52-50-48-46-44-42-40-38-27-25-23-21-19-17-15-13-11-9-7-2/h8,10,14,16,19-22,25-28,30-31,33-34,36-37,40,42,64,68H,6-7,9,11-13,15,17-18,23-24,29,32,35,38-39,41,43-63H2,1-5H3/b10-8-,16-14-,21-19-,22-20-,27-25-,28-26-,31-30-,34-33-,37-36-,42-40-. The maximum absolute atomic E-state index is 12.9. The molecule has 0 spiro atoms. The summed E-state index contributed by atoms with van der Waals surface area (Å²) in [7, 11) is 5.91. The van der Waals surface area contributed by atoms with E-state index in [0.717, 1.165) is 122 Å². The molecule has 0 amide bonds. The minimum Gasteiger partial charge on any atom is -0.545 e. The Morgan fingerprint density at radius 2 is 0.740 bits per heavy atom. The summed E-state index contributed by atoms with van der Waals surface area (Å²) in [5.74, 6) is -2.32. The Morgan fingerprint density at radius 1 is 0.403 bits per heavy atom. The van der Waals surface area contributed by atoms with Crippen LogP contribution in [-0.2, 0) is 33.3 Å². The molecule has 0 aliphatic carbocycles. The van der Waals surface area contributed by atoms with Crippen molar-refractivity contribution in [2.24, 2.45) is 0 Å². The van der Waals surface area contributed by atoms with E-state index in [1.54, 1.807) is 0 Å². The Hall–Kier alpha value is -4.31. The van der Waals surface area contributed by atoms with Gasteiger partial charge in [-0.15, -0.1) is 0 Å². The van der Waals surface area contributed by atoms with E-state index in [1.807, 2.05) is 21.1 Å². The molecule has 0 saturated carbocycles. The van der Waals surface area contributed by atoms with E-state index in [0.29, 0.717) is 17.4 Å². The molecule has 2 atom stereocenters. The molecule has 9 heteroatoms. The van der Waals surface area contributed by atoms with E-state index in [2.05, 4.69) is 135 Å². The van der Waals surface area contributed by atoms with E-state index in [4.69, 9.17) is 18.9 Å². The summed E-state index contributed by atoms with van der Waals surface area (Å²) < 4.78 is 22.7. The summed E-state index contributed by atoms with van der Waals surface area (Å²) in [6.07, 6.45) is 78.1. The molecule has 0 bridgehead atoms. The van der Waals surface area contributed by atoms with Crippen molar-refractivity contribution in [1.29, 1.82) is 0 Å². The molecule has 0 aliphatic rings. The zero-order valence-electron chi connectivity index (χ0n) is 49.8. The van der Waals surface area contributed by atoms with E-state index >= 15 is 0 Å². The van der Waals surface area contributed by atoms with Crippen molar-refractivity contribution in [1.82, 2.24) is 0 Å². The lowest BCUT2D eigenvalue weighted by Gasteiger charge is -2.26. The van der Waals surface area contributed by atoms with E-state index in [-0.39, 0.29) is 38.6 Å². The Bertz CT molecular complexity index is 1670. The predicted octanol–water partition coefficient (Wildman–Crippen LogP) is 17.1. The van der Waals surface area contributed by atoms with Gasteiger partial charge in [0.1, 0.15) is 13.2 Å². The van der Waals surface area contributed by atoms with Crippen LogP contribution in [0.5, 0.6) is 0 Å². The molecular formula is C68H113NO8. The highest BCUT2D eigenvalue weighted by atomic mass is 16.7. The number of carboxylic acids is 1. The van der Waals surface area contributed by atoms with Gasteiger partial charge in [0.05, 0.1) is 40.3 Å². The van der Waals surface area contributed by atoms with Crippen LogP contribution in [-0.4, -0.2) is 82.3 Å². The summed E-state index contributed by atoms with van der Waals surface area (Å²) in [6.45, 7) is 4.59. The zero-order chi connectivity index (χ0) is 56.2. The van der Waals surface area contributed by atoms with Crippen LogP contribution in [0, 0.1) is 0 Å². The number of carbonyl (C=O) groups excluding carboxylic acids is 3. The molecule has 0 rings (SSSR count). The predicted molar refractivity (Wildman–Crippen MR) is 324 cm³/mol. The lowest BCUT2D eigenvalue weighted by Crippen LogP contribution is -2.44. The van der Waals surface area contributed by atoms with Gasteiger partial charge in [-0.05, 0) is 109 Å². The number of rotatable bonds is 55. The molecule has 0 aromatic rings. The van der Waals surface area contributed by atoms with Crippen LogP contribution < -0.4 is 5.11 Å².